The van der Waals surface area contributed by atoms with Crippen molar-refractivity contribution in [3.63, 3.8) is 0 Å². The largest absolute Gasteiger partial charge is 0.462 e. The molecule has 2 rings (SSSR count). The third kappa shape index (κ3) is 3.06. The standard InChI is InChI=1S/C10H14N6O2/c1-8-12-2-3-15(8)4-5-18-9(17)6-16-7-13-10(11)14-16/h2-3,7H,4-6H2,1H3,(H2,11,14). The number of anilines is 1. The molecule has 2 aromatic heterocycles. The van der Waals surface area contributed by atoms with Crippen LogP contribution >= 0.6 is 0 Å². The highest BCUT2D eigenvalue weighted by molar-refractivity contribution is 5.68. The second-order valence-corrected chi connectivity index (χ2v) is 3.69. The third-order valence-corrected chi connectivity index (χ3v) is 2.36. The van der Waals surface area contributed by atoms with Crippen molar-refractivity contribution >= 4 is 11.9 Å². The second-order valence-electron chi connectivity index (χ2n) is 3.69. The number of ether oxygens (including phenoxy) is 1. The number of imidazole rings is 1. The summed E-state index contributed by atoms with van der Waals surface area (Å²) in [7, 11) is 0. The van der Waals surface area contributed by atoms with Gasteiger partial charge < -0.3 is 15.0 Å². The number of carbonyl (C=O) groups excluding carboxylic acids is 1. The van der Waals surface area contributed by atoms with E-state index in [1.54, 1.807) is 6.20 Å². The van der Waals surface area contributed by atoms with E-state index in [4.69, 9.17) is 10.5 Å². The Hall–Kier alpha value is -2.38. The van der Waals surface area contributed by atoms with Gasteiger partial charge in [-0.2, -0.15) is 0 Å². The van der Waals surface area contributed by atoms with Crippen LogP contribution in [0.4, 0.5) is 5.95 Å². The maximum Gasteiger partial charge on any atom is 0.327 e. The summed E-state index contributed by atoms with van der Waals surface area (Å²) < 4.78 is 8.30. The van der Waals surface area contributed by atoms with Gasteiger partial charge in [-0.15, -0.1) is 5.10 Å². The molecule has 0 amide bonds. The quantitative estimate of drug-likeness (QED) is 0.725. The van der Waals surface area contributed by atoms with Gasteiger partial charge in [-0.1, -0.05) is 0 Å². The summed E-state index contributed by atoms with van der Waals surface area (Å²) >= 11 is 0. The van der Waals surface area contributed by atoms with Crippen molar-refractivity contribution in [3.05, 3.63) is 24.5 Å². The molecule has 18 heavy (non-hydrogen) atoms. The van der Waals surface area contributed by atoms with Crippen LogP contribution in [-0.4, -0.2) is 36.9 Å². The van der Waals surface area contributed by atoms with Crippen LogP contribution < -0.4 is 5.73 Å². The first-order chi connectivity index (χ1) is 8.65. The van der Waals surface area contributed by atoms with Gasteiger partial charge in [0, 0.05) is 12.4 Å². The molecule has 0 bridgehead atoms. The second kappa shape index (κ2) is 5.30. The fourth-order valence-electron chi connectivity index (χ4n) is 1.46. The van der Waals surface area contributed by atoms with Crippen LogP contribution in [0.25, 0.3) is 0 Å². The number of esters is 1. The average Bonchev–Trinajstić information content (AvgIpc) is 2.89. The van der Waals surface area contributed by atoms with Crippen molar-refractivity contribution in [2.75, 3.05) is 12.3 Å². The van der Waals surface area contributed by atoms with Crippen molar-refractivity contribution in [2.24, 2.45) is 0 Å². The normalized spacial score (nSPS) is 10.5. The maximum absolute atomic E-state index is 11.5. The molecule has 2 N–H and O–H groups in total. The summed E-state index contributed by atoms with van der Waals surface area (Å²) in [5.74, 6) is 0.643. The minimum Gasteiger partial charge on any atom is -0.462 e. The predicted octanol–water partition coefficient (Wildman–Crippen LogP) is -0.391. The van der Waals surface area contributed by atoms with Gasteiger partial charge in [-0.05, 0) is 6.92 Å². The summed E-state index contributed by atoms with van der Waals surface area (Å²) in [5.41, 5.74) is 5.33. The summed E-state index contributed by atoms with van der Waals surface area (Å²) in [6, 6.07) is 0. The van der Waals surface area contributed by atoms with Gasteiger partial charge >= 0.3 is 5.97 Å². The summed E-state index contributed by atoms with van der Waals surface area (Å²) in [5, 5.41) is 3.79. The van der Waals surface area contributed by atoms with Gasteiger partial charge in [0.1, 0.15) is 25.3 Å². The molecule has 0 aliphatic heterocycles. The van der Waals surface area contributed by atoms with Crippen molar-refractivity contribution < 1.29 is 9.53 Å². The van der Waals surface area contributed by atoms with Crippen LogP contribution in [-0.2, 0) is 22.6 Å². The highest BCUT2D eigenvalue weighted by atomic mass is 16.5. The Morgan fingerprint density at radius 3 is 2.94 bits per heavy atom. The molecule has 0 unspecified atom stereocenters. The highest BCUT2D eigenvalue weighted by Gasteiger charge is 2.06. The Bertz CT molecular complexity index is 532. The Morgan fingerprint density at radius 2 is 2.33 bits per heavy atom. The van der Waals surface area contributed by atoms with Crippen LogP contribution in [0.1, 0.15) is 5.82 Å². The first-order valence-corrected chi connectivity index (χ1v) is 5.43. The Morgan fingerprint density at radius 1 is 1.50 bits per heavy atom. The zero-order chi connectivity index (χ0) is 13.0. The molecule has 0 saturated heterocycles. The fraction of sp³-hybridized carbons (Fsp3) is 0.400. The van der Waals surface area contributed by atoms with Crippen LogP contribution in [0.5, 0.6) is 0 Å². The lowest BCUT2D eigenvalue weighted by atomic mass is 10.6. The zero-order valence-corrected chi connectivity index (χ0v) is 9.98. The number of hydrogen-bond donors (Lipinski definition) is 1. The van der Waals surface area contributed by atoms with Gasteiger partial charge in [0.05, 0.1) is 6.54 Å². The molecule has 0 aliphatic rings. The lowest BCUT2D eigenvalue weighted by Gasteiger charge is -2.06. The number of rotatable bonds is 5. The van der Waals surface area contributed by atoms with E-state index in [1.165, 1.54) is 11.0 Å². The van der Waals surface area contributed by atoms with E-state index in [-0.39, 0.29) is 18.5 Å². The van der Waals surface area contributed by atoms with Gasteiger partial charge in [-0.3, -0.25) is 4.79 Å². The number of carbonyl (C=O) groups is 1. The van der Waals surface area contributed by atoms with Crippen LogP contribution in [0.3, 0.4) is 0 Å². The molecular formula is C10H14N6O2. The smallest absolute Gasteiger partial charge is 0.327 e. The molecule has 8 nitrogen and oxygen atoms in total. The molecule has 96 valence electrons. The predicted molar refractivity (Wildman–Crippen MR) is 62.4 cm³/mol. The van der Waals surface area contributed by atoms with Gasteiger partial charge in [0.25, 0.3) is 0 Å². The first kappa shape index (κ1) is 12.1. The minimum atomic E-state index is -0.377. The summed E-state index contributed by atoms with van der Waals surface area (Å²) in [4.78, 5) is 19.2. The molecule has 2 aromatic rings. The fourth-order valence-corrected chi connectivity index (χ4v) is 1.46. The number of aryl methyl sites for hydroxylation is 1. The minimum absolute atomic E-state index is 0.00705. The number of hydrogen-bond acceptors (Lipinski definition) is 6. The van der Waals surface area contributed by atoms with Gasteiger partial charge in [0.15, 0.2) is 0 Å². The van der Waals surface area contributed by atoms with E-state index in [0.717, 1.165) is 5.82 Å². The molecule has 0 aliphatic carbocycles. The number of nitrogen functional groups attached to an aromatic ring is 1. The summed E-state index contributed by atoms with van der Waals surface area (Å²) in [6.45, 7) is 2.77. The van der Waals surface area contributed by atoms with E-state index >= 15 is 0 Å². The molecule has 0 saturated carbocycles. The van der Waals surface area contributed by atoms with Crippen molar-refractivity contribution in [1.29, 1.82) is 0 Å². The van der Waals surface area contributed by atoms with E-state index in [0.29, 0.717) is 13.2 Å². The van der Waals surface area contributed by atoms with E-state index in [1.807, 2.05) is 17.7 Å². The molecule has 0 aromatic carbocycles. The van der Waals surface area contributed by atoms with Gasteiger partial charge in [-0.25, -0.2) is 14.6 Å². The van der Waals surface area contributed by atoms with Crippen molar-refractivity contribution in [3.8, 4) is 0 Å². The monoisotopic (exact) mass is 250 g/mol. The molecule has 0 spiro atoms. The van der Waals surface area contributed by atoms with Crippen LogP contribution in [0, 0.1) is 6.92 Å². The molecular weight excluding hydrogens is 236 g/mol. The topological polar surface area (TPSA) is 101 Å². The molecule has 0 atom stereocenters. The lowest BCUT2D eigenvalue weighted by Crippen LogP contribution is -2.17. The zero-order valence-electron chi connectivity index (χ0n) is 9.98. The molecule has 2 heterocycles. The highest BCUT2D eigenvalue weighted by Crippen LogP contribution is 1.96. The number of nitrogens with two attached hydrogens (primary N) is 1. The van der Waals surface area contributed by atoms with E-state index < -0.39 is 0 Å². The number of nitrogens with zero attached hydrogens (tertiary/aromatic N) is 5. The SMILES string of the molecule is Cc1nccn1CCOC(=O)Cn1cnc(N)n1. The Kier molecular flexibility index (Phi) is 3.56. The molecule has 8 heteroatoms. The van der Waals surface area contributed by atoms with Crippen molar-refractivity contribution in [1.82, 2.24) is 24.3 Å². The average molecular weight is 250 g/mol. The summed E-state index contributed by atoms with van der Waals surface area (Å²) in [6.07, 6.45) is 4.92. The number of aromatic nitrogens is 5. The van der Waals surface area contributed by atoms with Crippen molar-refractivity contribution in [2.45, 2.75) is 20.0 Å². The maximum atomic E-state index is 11.5. The van der Waals surface area contributed by atoms with Gasteiger partial charge in [0.2, 0.25) is 5.95 Å². The van der Waals surface area contributed by atoms with Crippen LogP contribution in [0.2, 0.25) is 0 Å². The Labute approximate surface area is 103 Å². The van der Waals surface area contributed by atoms with E-state index in [9.17, 15) is 4.79 Å². The molecule has 0 radical (unpaired) electrons. The first-order valence-electron chi connectivity index (χ1n) is 5.43. The van der Waals surface area contributed by atoms with Crippen LogP contribution in [0.15, 0.2) is 18.7 Å². The third-order valence-electron chi connectivity index (χ3n) is 2.36. The Balaban J connectivity index is 1.74. The lowest BCUT2D eigenvalue weighted by molar-refractivity contribution is -0.144. The van der Waals surface area contributed by atoms with E-state index in [2.05, 4.69) is 15.1 Å². The molecule has 0 fully saturated rings.